The van der Waals surface area contributed by atoms with Gasteiger partial charge in [0.2, 0.25) is 5.43 Å². The second kappa shape index (κ2) is 8.51. The number of rotatable bonds is 4. The van der Waals surface area contributed by atoms with Crippen LogP contribution in [0.2, 0.25) is 0 Å². The molecule has 5 rings (SSSR count). The number of nitrogens with zero attached hydrogens (tertiary/aromatic N) is 3. The molecule has 1 amide bonds. The molecule has 6 nitrogen and oxygen atoms in total. The summed E-state index contributed by atoms with van der Waals surface area (Å²) in [5.74, 6) is -1.56. The van der Waals surface area contributed by atoms with Crippen molar-refractivity contribution in [2.45, 2.75) is 44.1 Å². The highest BCUT2D eigenvalue weighted by molar-refractivity contribution is 5.95. The third-order valence-corrected chi connectivity index (χ3v) is 6.74. The second-order valence-corrected chi connectivity index (χ2v) is 8.77. The smallest absolute Gasteiger partial charge is 0.406 e. The molecular formula is C25H21F4N3O3. The second-order valence-electron chi connectivity index (χ2n) is 8.77. The molecule has 182 valence electrons. The number of carbonyl (C=O) groups is 1. The van der Waals surface area contributed by atoms with Gasteiger partial charge in [-0.15, -0.1) is 13.2 Å². The van der Waals surface area contributed by atoms with Crippen LogP contribution in [0.3, 0.4) is 0 Å². The van der Waals surface area contributed by atoms with E-state index in [0.717, 1.165) is 6.42 Å². The van der Waals surface area contributed by atoms with Gasteiger partial charge in [0.15, 0.2) is 0 Å². The minimum atomic E-state index is -4.82. The summed E-state index contributed by atoms with van der Waals surface area (Å²) in [6.07, 6.45) is -2.20. The lowest BCUT2D eigenvalue weighted by Gasteiger charge is -2.43. The molecule has 2 aliphatic rings. The highest BCUT2D eigenvalue weighted by Gasteiger charge is 2.47. The Kier molecular flexibility index (Phi) is 5.61. The van der Waals surface area contributed by atoms with E-state index >= 15 is 0 Å². The maximum absolute atomic E-state index is 13.8. The Balaban J connectivity index is 1.69. The molecule has 1 fully saturated rings. The van der Waals surface area contributed by atoms with Gasteiger partial charge in [-0.25, -0.2) is 4.39 Å². The van der Waals surface area contributed by atoms with E-state index in [2.05, 4.69) is 9.84 Å². The van der Waals surface area contributed by atoms with E-state index in [9.17, 15) is 27.2 Å². The predicted octanol–water partition coefficient (Wildman–Crippen LogP) is 4.58. The van der Waals surface area contributed by atoms with Crippen LogP contribution in [0.15, 0.2) is 59.5 Å². The van der Waals surface area contributed by atoms with Crippen LogP contribution < -0.4 is 10.2 Å². The number of aromatic nitrogens is 2. The summed E-state index contributed by atoms with van der Waals surface area (Å²) in [6.45, 7) is 2.11. The highest BCUT2D eigenvalue weighted by Crippen LogP contribution is 2.45. The zero-order chi connectivity index (χ0) is 24.9. The lowest BCUT2D eigenvalue weighted by Crippen LogP contribution is -2.51. The van der Waals surface area contributed by atoms with Crippen LogP contribution in [0.1, 0.15) is 52.0 Å². The van der Waals surface area contributed by atoms with E-state index in [-0.39, 0.29) is 34.4 Å². The zero-order valence-electron chi connectivity index (χ0n) is 18.6. The number of hydrogen-bond acceptors (Lipinski definition) is 4. The van der Waals surface area contributed by atoms with E-state index in [0.29, 0.717) is 24.1 Å². The summed E-state index contributed by atoms with van der Waals surface area (Å²) in [7, 11) is 0. The maximum atomic E-state index is 13.8. The Bertz CT molecular complexity index is 1320. The average Bonchev–Trinajstić information content (AvgIpc) is 3.29. The summed E-state index contributed by atoms with van der Waals surface area (Å²) >= 11 is 0. The number of carbonyl (C=O) groups excluding carboxylic acids is 1. The van der Waals surface area contributed by atoms with Crippen LogP contribution in [0.25, 0.3) is 0 Å². The molecule has 35 heavy (non-hydrogen) atoms. The van der Waals surface area contributed by atoms with Gasteiger partial charge >= 0.3 is 6.36 Å². The highest BCUT2D eigenvalue weighted by atomic mass is 19.4. The summed E-state index contributed by atoms with van der Waals surface area (Å²) in [6, 6.07) is 10.6. The lowest BCUT2D eigenvalue weighted by molar-refractivity contribution is -0.274. The van der Waals surface area contributed by atoms with Gasteiger partial charge in [-0.3, -0.25) is 14.3 Å². The number of hydrogen-bond donors (Lipinski definition) is 0. The van der Waals surface area contributed by atoms with Crippen LogP contribution in [-0.4, -0.2) is 39.5 Å². The van der Waals surface area contributed by atoms with E-state index < -0.39 is 24.1 Å². The molecule has 3 aromatic rings. The van der Waals surface area contributed by atoms with Gasteiger partial charge in [0.05, 0.1) is 18.3 Å². The third kappa shape index (κ3) is 4.17. The van der Waals surface area contributed by atoms with Gasteiger partial charge in [0.1, 0.15) is 17.3 Å². The normalized spacial score (nSPS) is 20.4. The van der Waals surface area contributed by atoms with Crippen LogP contribution in [0.4, 0.5) is 17.6 Å². The topological polar surface area (TPSA) is 64.4 Å². The molecular weight excluding hydrogens is 466 g/mol. The third-order valence-electron chi connectivity index (χ3n) is 6.74. The Morgan fingerprint density at radius 3 is 2.29 bits per heavy atom. The molecule has 2 aliphatic heterocycles. The van der Waals surface area contributed by atoms with Gasteiger partial charge in [0.25, 0.3) is 5.91 Å². The van der Waals surface area contributed by atoms with E-state index in [1.165, 1.54) is 42.6 Å². The number of halogens is 4. The first-order chi connectivity index (χ1) is 16.6. The fourth-order valence-corrected chi connectivity index (χ4v) is 5.24. The number of fused-ring (bicyclic) bond motifs is 2. The van der Waals surface area contributed by atoms with Crippen molar-refractivity contribution in [1.29, 1.82) is 0 Å². The maximum Gasteiger partial charge on any atom is 0.573 e. The van der Waals surface area contributed by atoms with Crippen molar-refractivity contribution in [3.8, 4) is 5.75 Å². The Hall–Kier alpha value is -3.69. The van der Waals surface area contributed by atoms with Gasteiger partial charge in [0, 0.05) is 18.0 Å². The number of ether oxygens (including phenoxy) is 1. The van der Waals surface area contributed by atoms with Crippen molar-refractivity contribution >= 4 is 5.91 Å². The number of alkyl halides is 3. The summed E-state index contributed by atoms with van der Waals surface area (Å²) in [5, 5.41) is 4.34. The van der Waals surface area contributed by atoms with Crippen molar-refractivity contribution in [2.24, 2.45) is 0 Å². The van der Waals surface area contributed by atoms with E-state index in [1.807, 2.05) is 0 Å². The molecule has 0 radical (unpaired) electrons. The van der Waals surface area contributed by atoms with Crippen molar-refractivity contribution in [2.75, 3.05) is 6.54 Å². The first-order valence-corrected chi connectivity index (χ1v) is 11.1. The predicted molar refractivity (Wildman–Crippen MR) is 118 cm³/mol. The molecule has 0 aliphatic carbocycles. The Morgan fingerprint density at radius 2 is 1.66 bits per heavy atom. The molecule has 1 aromatic heterocycles. The van der Waals surface area contributed by atoms with Crippen molar-refractivity contribution < 1.29 is 27.1 Å². The molecule has 0 N–H and O–H groups in total. The molecule has 0 bridgehead atoms. The summed E-state index contributed by atoms with van der Waals surface area (Å²) in [4.78, 5) is 27.4. The molecule has 2 aromatic carbocycles. The van der Waals surface area contributed by atoms with Crippen molar-refractivity contribution in [1.82, 2.24) is 14.7 Å². The quantitative estimate of drug-likeness (QED) is 0.506. The molecule has 3 atom stereocenters. The van der Waals surface area contributed by atoms with Crippen molar-refractivity contribution in [3.05, 3.63) is 93.2 Å². The standard InChI is InChI=1S/C25H21F4N3O3/c1-14-20(33)13-30-32-22(14)24(34)31-12-2-3-19(31)23(32)21(15-4-8-17(26)9-5-15)16-6-10-18(11-7-16)35-25(27,28)29/h4-11,13,19,21,23H,2-3,12H2,1H3/t19-,21-,23-/m1/s1. The first kappa shape index (κ1) is 23.1. The fourth-order valence-electron chi connectivity index (χ4n) is 5.24. The SMILES string of the molecule is Cc1c2n(ncc1=O)[C@@H]([C@H](c1ccc(F)cc1)c1ccc(OC(F)(F)F)cc1)[C@H]1CCCN1C2=O. The molecule has 0 saturated carbocycles. The number of benzene rings is 2. The summed E-state index contributed by atoms with van der Waals surface area (Å²) < 4.78 is 57.4. The average molecular weight is 487 g/mol. The Morgan fingerprint density at radius 1 is 1.03 bits per heavy atom. The largest absolute Gasteiger partial charge is 0.573 e. The van der Waals surface area contributed by atoms with Crippen LogP contribution >= 0.6 is 0 Å². The zero-order valence-corrected chi connectivity index (χ0v) is 18.6. The summed E-state index contributed by atoms with van der Waals surface area (Å²) in [5.41, 5.74) is 1.47. The van der Waals surface area contributed by atoms with Gasteiger partial charge < -0.3 is 9.64 Å². The van der Waals surface area contributed by atoms with Crippen LogP contribution in [-0.2, 0) is 0 Å². The molecule has 0 spiro atoms. The fraction of sp³-hybridized carbons (Fsp3) is 0.320. The van der Waals surface area contributed by atoms with E-state index in [4.69, 9.17) is 0 Å². The molecule has 1 saturated heterocycles. The van der Waals surface area contributed by atoms with Gasteiger partial charge in [-0.05, 0) is 55.2 Å². The molecule has 0 unspecified atom stereocenters. The number of amides is 1. The van der Waals surface area contributed by atoms with Gasteiger partial charge in [-0.1, -0.05) is 24.3 Å². The Labute approximate surface area is 197 Å². The monoisotopic (exact) mass is 487 g/mol. The van der Waals surface area contributed by atoms with Crippen molar-refractivity contribution in [3.63, 3.8) is 0 Å². The molecule has 10 heteroatoms. The molecule has 3 heterocycles. The van der Waals surface area contributed by atoms with Gasteiger partial charge in [-0.2, -0.15) is 5.10 Å². The first-order valence-electron chi connectivity index (χ1n) is 11.1. The minimum Gasteiger partial charge on any atom is -0.406 e. The minimum absolute atomic E-state index is 0.199. The van der Waals surface area contributed by atoms with E-state index in [1.54, 1.807) is 28.6 Å². The lowest BCUT2D eigenvalue weighted by atomic mass is 9.79. The van der Waals surface area contributed by atoms with Crippen LogP contribution in [0, 0.1) is 12.7 Å². The van der Waals surface area contributed by atoms with Crippen LogP contribution in [0.5, 0.6) is 5.75 Å².